The Morgan fingerprint density at radius 3 is 2.64 bits per heavy atom. The summed E-state index contributed by atoms with van der Waals surface area (Å²) in [5, 5.41) is 9.25. The molecule has 0 radical (unpaired) electrons. The normalized spacial score (nSPS) is 11.1. The van der Waals surface area contributed by atoms with Gasteiger partial charge in [-0.3, -0.25) is 4.79 Å². The van der Waals surface area contributed by atoms with Crippen molar-refractivity contribution >= 4 is 11.9 Å². The van der Waals surface area contributed by atoms with E-state index in [-0.39, 0.29) is 5.91 Å². The van der Waals surface area contributed by atoms with Gasteiger partial charge in [0.25, 0.3) is 0 Å². The fourth-order valence-electron chi connectivity index (χ4n) is 1.97. The van der Waals surface area contributed by atoms with Gasteiger partial charge in [0.05, 0.1) is 6.54 Å². The molecule has 5 heteroatoms. The van der Waals surface area contributed by atoms with Crippen LogP contribution in [0.4, 0.5) is 0 Å². The Bertz CT molecular complexity index is 485. The van der Waals surface area contributed by atoms with Crippen LogP contribution in [-0.2, 0) is 11.3 Å². The molecule has 0 heterocycles. The van der Waals surface area contributed by atoms with Gasteiger partial charge in [-0.2, -0.15) is 0 Å². The first-order chi connectivity index (χ1) is 10.7. The van der Waals surface area contributed by atoms with Gasteiger partial charge in [0.1, 0.15) is 0 Å². The summed E-state index contributed by atoms with van der Waals surface area (Å²) in [5.74, 6) is 0.816. The maximum Gasteiger partial charge on any atom is 0.221 e. The Hall–Kier alpha value is -2.04. The van der Waals surface area contributed by atoms with Crippen molar-refractivity contribution in [2.24, 2.45) is 4.99 Å². The van der Waals surface area contributed by atoms with Gasteiger partial charge in [-0.1, -0.05) is 36.8 Å². The number of benzene rings is 1. The predicted octanol–water partition coefficient (Wildman–Crippen LogP) is 1.97. The van der Waals surface area contributed by atoms with Gasteiger partial charge < -0.3 is 16.0 Å². The van der Waals surface area contributed by atoms with E-state index >= 15 is 0 Å². The molecular formula is C17H28N4O. The number of aryl methyl sites for hydroxylation is 1. The lowest BCUT2D eigenvalue weighted by molar-refractivity contribution is -0.120. The molecule has 3 N–H and O–H groups in total. The second-order valence-electron chi connectivity index (χ2n) is 5.21. The Kier molecular flexibility index (Phi) is 8.72. The number of guanidine groups is 1. The topological polar surface area (TPSA) is 65.5 Å². The highest BCUT2D eigenvalue weighted by Crippen LogP contribution is 2.04. The molecule has 1 aromatic rings. The van der Waals surface area contributed by atoms with E-state index in [0.717, 1.165) is 25.5 Å². The monoisotopic (exact) mass is 304 g/mol. The fraction of sp³-hybridized carbons (Fsp3) is 0.529. The van der Waals surface area contributed by atoms with Gasteiger partial charge in [0.15, 0.2) is 5.96 Å². The van der Waals surface area contributed by atoms with E-state index < -0.39 is 0 Å². The molecule has 0 aliphatic heterocycles. The minimum Gasteiger partial charge on any atom is -0.357 e. The number of aliphatic imine (C=N–C) groups is 1. The van der Waals surface area contributed by atoms with Crippen LogP contribution >= 0.6 is 0 Å². The zero-order valence-electron chi connectivity index (χ0n) is 13.9. The van der Waals surface area contributed by atoms with E-state index in [2.05, 4.69) is 46.1 Å². The Morgan fingerprint density at radius 2 is 1.95 bits per heavy atom. The molecule has 0 atom stereocenters. The van der Waals surface area contributed by atoms with Crippen LogP contribution in [0.2, 0.25) is 0 Å². The van der Waals surface area contributed by atoms with Gasteiger partial charge in [-0.25, -0.2) is 4.99 Å². The van der Waals surface area contributed by atoms with Crippen LogP contribution in [0.25, 0.3) is 0 Å². The van der Waals surface area contributed by atoms with E-state index in [1.807, 2.05) is 19.9 Å². The van der Waals surface area contributed by atoms with Gasteiger partial charge in [0, 0.05) is 26.1 Å². The van der Waals surface area contributed by atoms with Gasteiger partial charge in [-0.05, 0) is 25.8 Å². The predicted molar refractivity (Wildman–Crippen MR) is 91.9 cm³/mol. The van der Waals surface area contributed by atoms with E-state index in [1.54, 1.807) is 0 Å². The van der Waals surface area contributed by atoms with Crippen molar-refractivity contribution in [3.63, 3.8) is 0 Å². The zero-order chi connectivity index (χ0) is 16.2. The van der Waals surface area contributed by atoms with E-state index in [1.165, 1.54) is 11.1 Å². The first kappa shape index (κ1) is 18.0. The number of nitrogens with zero attached hydrogens (tertiary/aromatic N) is 1. The molecular weight excluding hydrogens is 276 g/mol. The Balaban J connectivity index is 2.43. The van der Waals surface area contributed by atoms with Crippen LogP contribution in [0.3, 0.4) is 0 Å². The highest BCUT2D eigenvalue weighted by molar-refractivity contribution is 5.81. The molecule has 0 aromatic heterocycles. The lowest BCUT2D eigenvalue weighted by Gasteiger charge is -2.11. The van der Waals surface area contributed by atoms with Crippen molar-refractivity contribution < 1.29 is 4.79 Å². The van der Waals surface area contributed by atoms with Crippen molar-refractivity contribution in [3.05, 3.63) is 35.4 Å². The van der Waals surface area contributed by atoms with Crippen molar-refractivity contribution in [1.29, 1.82) is 0 Å². The van der Waals surface area contributed by atoms with Crippen LogP contribution in [0, 0.1) is 6.92 Å². The molecule has 0 saturated carbocycles. The Morgan fingerprint density at radius 1 is 1.14 bits per heavy atom. The summed E-state index contributed by atoms with van der Waals surface area (Å²) in [4.78, 5) is 16.1. The maximum absolute atomic E-state index is 11.5. The van der Waals surface area contributed by atoms with Crippen LogP contribution in [-0.4, -0.2) is 31.5 Å². The van der Waals surface area contributed by atoms with Gasteiger partial charge >= 0.3 is 0 Å². The number of hydrogen-bond donors (Lipinski definition) is 3. The molecule has 5 nitrogen and oxygen atoms in total. The van der Waals surface area contributed by atoms with Crippen LogP contribution < -0.4 is 16.0 Å². The molecule has 0 saturated heterocycles. The third kappa shape index (κ3) is 7.67. The minimum absolute atomic E-state index is 0.0730. The van der Waals surface area contributed by atoms with E-state index in [4.69, 9.17) is 0 Å². The molecule has 0 bridgehead atoms. The van der Waals surface area contributed by atoms with Crippen LogP contribution in [0.5, 0.6) is 0 Å². The summed E-state index contributed by atoms with van der Waals surface area (Å²) in [6.07, 6.45) is 1.41. The molecule has 0 spiro atoms. The smallest absolute Gasteiger partial charge is 0.221 e. The molecule has 122 valence electrons. The largest absolute Gasteiger partial charge is 0.357 e. The lowest BCUT2D eigenvalue weighted by atomic mass is 10.1. The first-order valence-electron chi connectivity index (χ1n) is 8.00. The zero-order valence-corrected chi connectivity index (χ0v) is 13.9. The molecule has 1 rings (SSSR count). The molecule has 1 amide bonds. The third-order valence-corrected chi connectivity index (χ3v) is 3.06. The number of amides is 1. The molecule has 0 unspecified atom stereocenters. The SMILES string of the molecule is CCCNC(=O)CCNC(=NCc1cccc(C)c1)NCC. The van der Waals surface area contributed by atoms with E-state index in [9.17, 15) is 4.79 Å². The summed E-state index contributed by atoms with van der Waals surface area (Å²) in [5.41, 5.74) is 2.41. The summed E-state index contributed by atoms with van der Waals surface area (Å²) < 4.78 is 0. The van der Waals surface area contributed by atoms with Gasteiger partial charge in [-0.15, -0.1) is 0 Å². The van der Waals surface area contributed by atoms with Gasteiger partial charge in [0.2, 0.25) is 5.91 Å². The first-order valence-corrected chi connectivity index (χ1v) is 8.00. The summed E-state index contributed by atoms with van der Waals surface area (Å²) in [6, 6.07) is 8.31. The summed E-state index contributed by atoms with van der Waals surface area (Å²) in [7, 11) is 0. The third-order valence-electron chi connectivity index (χ3n) is 3.06. The van der Waals surface area contributed by atoms with Crippen molar-refractivity contribution in [2.45, 2.75) is 40.2 Å². The average Bonchev–Trinajstić information content (AvgIpc) is 2.50. The van der Waals surface area contributed by atoms with Crippen molar-refractivity contribution in [3.8, 4) is 0 Å². The average molecular weight is 304 g/mol. The van der Waals surface area contributed by atoms with E-state index in [0.29, 0.717) is 19.5 Å². The standard InChI is InChI=1S/C17H28N4O/c1-4-10-19-16(22)9-11-20-17(18-5-2)21-13-15-8-6-7-14(3)12-15/h6-8,12H,4-5,9-11,13H2,1-3H3,(H,19,22)(H2,18,20,21). The number of hydrogen-bond acceptors (Lipinski definition) is 2. The highest BCUT2D eigenvalue weighted by atomic mass is 16.1. The number of rotatable bonds is 8. The highest BCUT2D eigenvalue weighted by Gasteiger charge is 2.02. The summed E-state index contributed by atoms with van der Waals surface area (Å²) >= 11 is 0. The molecule has 22 heavy (non-hydrogen) atoms. The lowest BCUT2D eigenvalue weighted by Crippen LogP contribution is -2.39. The second kappa shape index (κ2) is 10.7. The Labute approximate surface area is 133 Å². The summed E-state index contributed by atoms with van der Waals surface area (Å²) in [6.45, 7) is 8.87. The van der Waals surface area contributed by atoms with Crippen molar-refractivity contribution in [2.75, 3.05) is 19.6 Å². The van der Waals surface area contributed by atoms with Crippen LogP contribution in [0.1, 0.15) is 37.8 Å². The maximum atomic E-state index is 11.5. The fourth-order valence-corrected chi connectivity index (χ4v) is 1.97. The van der Waals surface area contributed by atoms with Crippen LogP contribution in [0.15, 0.2) is 29.3 Å². The molecule has 1 aromatic carbocycles. The molecule has 0 aliphatic carbocycles. The number of nitrogens with one attached hydrogen (secondary N) is 3. The number of carbonyl (C=O) groups is 1. The quantitative estimate of drug-likeness (QED) is 0.508. The molecule has 0 aliphatic rings. The number of carbonyl (C=O) groups excluding carboxylic acids is 1. The molecule has 0 fully saturated rings. The minimum atomic E-state index is 0.0730. The van der Waals surface area contributed by atoms with Crippen molar-refractivity contribution in [1.82, 2.24) is 16.0 Å². The second-order valence-corrected chi connectivity index (χ2v) is 5.21.